The van der Waals surface area contributed by atoms with Gasteiger partial charge in [-0.2, -0.15) is 0 Å². The summed E-state index contributed by atoms with van der Waals surface area (Å²) in [4.78, 5) is 67.6. The maximum absolute atomic E-state index is 13.1. The van der Waals surface area contributed by atoms with Gasteiger partial charge in [-0.1, -0.05) is 13.0 Å². The number of aromatic nitrogens is 1. The van der Waals surface area contributed by atoms with Crippen LogP contribution in [-0.4, -0.2) is 70.3 Å². The first kappa shape index (κ1) is 29.0. The number of anilines is 1. The molecule has 0 aliphatic carbocycles. The highest BCUT2D eigenvalue weighted by Crippen LogP contribution is 2.41. The van der Waals surface area contributed by atoms with Crippen molar-refractivity contribution >= 4 is 63.6 Å². The molecule has 5 N–H and O–H groups in total. The highest BCUT2D eigenvalue weighted by atomic mass is 32.2. The molecule has 3 amide bonds. The molecule has 1 saturated heterocycles. The van der Waals surface area contributed by atoms with Crippen LogP contribution in [0.2, 0.25) is 0 Å². The highest BCUT2D eigenvalue weighted by Gasteiger charge is 2.54. The number of primary amides is 1. The maximum atomic E-state index is 13.1. The Morgan fingerprint density at radius 2 is 1.95 bits per heavy atom. The summed E-state index contributed by atoms with van der Waals surface area (Å²) in [6, 6.07) is -0.941. The van der Waals surface area contributed by atoms with Crippen LogP contribution < -0.4 is 16.8 Å². The Kier molecular flexibility index (Phi) is 9.04. The summed E-state index contributed by atoms with van der Waals surface area (Å²) in [6.45, 7) is 5.74. The molecular weight excluding hydrogens is 538 g/mol. The van der Waals surface area contributed by atoms with E-state index in [2.05, 4.69) is 10.3 Å². The van der Waals surface area contributed by atoms with E-state index in [0.717, 1.165) is 4.90 Å². The van der Waals surface area contributed by atoms with E-state index < -0.39 is 53.5 Å². The molecule has 0 bridgehead atoms. The molecule has 3 heterocycles. The Labute approximate surface area is 226 Å². The SMILES string of the molecule is CCC=C(C(=O)N[C@@H]1C(=O)N2C(C(=O)OCOC(=O)C(C)(C)C)=C(COC(N)=O)CS[C@@H]12)c1csc(N)n1. The maximum Gasteiger partial charge on any atom is 0.404 e. The van der Waals surface area contributed by atoms with Crippen molar-refractivity contribution in [2.75, 3.05) is 24.9 Å². The first-order valence-corrected chi connectivity index (χ1v) is 13.4. The van der Waals surface area contributed by atoms with Crippen molar-refractivity contribution in [3.63, 3.8) is 0 Å². The van der Waals surface area contributed by atoms with E-state index in [1.165, 1.54) is 23.1 Å². The minimum atomic E-state index is -1.06. The number of rotatable bonds is 9. The van der Waals surface area contributed by atoms with Gasteiger partial charge in [-0.15, -0.1) is 23.1 Å². The molecule has 1 fully saturated rings. The number of amides is 3. The number of nitrogens with zero attached hydrogens (tertiary/aromatic N) is 2. The number of nitrogens with one attached hydrogen (secondary N) is 1. The molecule has 15 heteroatoms. The molecule has 1 aromatic heterocycles. The monoisotopic (exact) mass is 567 g/mol. The number of nitrogen functional groups attached to an aromatic ring is 1. The second-order valence-electron chi connectivity index (χ2n) is 9.25. The summed E-state index contributed by atoms with van der Waals surface area (Å²) in [5, 5.41) is 4.03. The zero-order valence-electron chi connectivity index (χ0n) is 21.3. The molecule has 0 radical (unpaired) electrons. The predicted octanol–water partition coefficient (Wildman–Crippen LogP) is 1.36. The Bertz CT molecular complexity index is 1200. The molecule has 2 aliphatic heterocycles. The number of hydrogen-bond donors (Lipinski definition) is 3. The molecule has 2 aliphatic rings. The molecular formula is C23H29N5O8S2. The minimum absolute atomic E-state index is 0.158. The average Bonchev–Trinajstić information content (AvgIpc) is 3.28. The Morgan fingerprint density at radius 3 is 2.53 bits per heavy atom. The van der Waals surface area contributed by atoms with E-state index in [1.54, 1.807) is 32.2 Å². The van der Waals surface area contributed by atoms with E-state index in [1.807, 2.05) is 6.92 Å². The zero-order valence-corrected chi connectivity index (χ0v) is 22.9. The zero-order chi connectivity index (χ0) is 28.2. The third kappa shape index (κ3) is 6.45. The number of thiazole rings is 1. The number of nitrogens with two attached hydrogens (primary N) is 2. The summed E-state index contributed by atoms with van der Waals surface area (Å²) < 4.78 is 14.9. The lowest BCUT2D eigenvalue weighted by molar-refractivity contribution is -0.173. The van der Waals surface area contributed by atoms with Gasteiger partial charge in [0, 0.05) is 16.7 Å². The van der Waals surface area contributed by atoms with Crippen molar-refractivity contribution in [3.8, 4) is 0 Å². The quantitative estimate of drug-likeness (QED) is 0.169. The first-order chi connectivity index (χ1) is 17.8. The number of hydrogen-bond acceptors (Lipinski definition) is 12. The lowest BCUT2D eigenvalue weighted by Gasteiger charge is -2.49. The van der Waals surface area contributed by atoms with Gasteiger partial charge in [0.1, 0.15) is 23.7 Å². The summed E-state index contributed by atoms with van der Waals surface area (Å²) in [5.41, 5.74) is 10.7. The topological polar surface area (TPSA) is 193 Å². The Balaban J connectivity index is 1.77. The number of carbonyl (C=O) groups is 5. The van der Waals surface area contributed by atoms with Crippen molar-refractivity contribution in [2.45, 2.75) is 45.5 Å². The lowest BCUT2D eigenvalue weighted by atomic mass is 9.98. The van der Waals surface area contributed by atoms with Gasteiger partial charge in [0.25, 0.3) is 11.8 Å². The molecule has 13 nitrogen and oxygen atoms in total. The second-order valence-corrected chi connectivity index (χ2v) is 11.2. The molecule has 3 rings (SSSR count). The molecule has 0 aromatic carbocycles. The number of esters is 2. The van der Waals surface area contributed by atoms with Crippen molar-refractivity contribution < 1.29 is 38.2 Å². The van der Waals surface area contributed by atoms with E-state index in [4.69, 9.17) is 25.7 Å². The first-order valence-electron chi connectivity index (χ1n) is 11.5. The van der Waals surface area contributed by atoms with Gasteiger partial charge in [-0.25, -0.2) is 14.6 Å². The molecule has 1 aromatic rings. The molecule has 38 heavy (non-hydrogen) atoms. The molecule has 0 unspecified atom stereocenters. The predicted molar refractivity (Wildman–Crippen MR) is 139 cm³/mol. The fourth-order valence-electron chi connectivity index (χ4n) is 3.51. The third-order valence-corrected chi connectivity index (χ3v) is 7.37. The molecule has 2 atom stereocenters. The van der Waals surface area contributed by atoms with Gasteiger partial charge >= 0.3 is 18.0 Å². The third-order valence-electron chi connectivity index (χ3n) is 5.36. The van der Waals surface area contributed by atoms with Crippen LogP contribution in [0.5, 0.6) is 0 Å². The summed E-state index contributed by atoms with van der Waals surface area (Å²) in [5.74, 6) is -2.45. The van der Waals surface area contributed by atoms with Crippen LogP contribution in [0.1, 0.15) is 39.8 Å². The Hall–Kier alpha value is -3.59. The highest BCUT2D eigenvalue weighted by molar-refractivity contribution is 8.00. The molecule has 206 valence electrons. The van der Waals surface area contributed by atoms with Crippen LogP contribution >= 0.6 is 23.1 Å². The number of thioether (sulfide) groups is 1. The van der Waals surface area contributed by atoms with Crippen LogP contribution in [-0.2, 0) is 33.4 Å². The van der Waals surface area contributed by atoms with Crippen molar-refractivity contribution in [2.24, 2.45) is 11.1 Å². The van der Waals surface area contributed by atoms with Gasteiger partial charge in [0.15, 0.2) is 5.13 Å². The standard InChI is InChI=1S/C23H29N5O8S2/c1-5-6-12(13-9-38-21(24)26-13)16(29)27-14-17(30)28-15(11(7-34-22(25)33)8-37-18(14)28)19(31)35-10-36-20(32)23(2,3)4/h6,9,14,18H,5,7-8,10H2,1-4H3,(H2,24,26)(H2,25,33)(H,27,29)/t14-,18+/m1/s1. The van der Waals surface area contributed by atoms with Gasteiger partial charge in [-0.3, -0.25) is 19.3 Å². The average molecular weight is 568 g/mol. The number of β-lactam (4-membered cyclic amide) rings is 1. The van der Waals surface area contributed by atoms with Crippen LogP contribution in [0.15, 0.2) is 22.7 Å². The van der Waals surface area contributed by atoms with Gasteiger partial charge < -0.3 is 31.0 Å². The fourth-order valence-corrected chi connectivity index (χ4v) is 5.40. The van der Waals surface area contributed by atoms with Gasteiger partial charge in [-0.05, 0) is 27.2 Å². The van der Waals surface area contributed by atoms with Crippen LogP contribution in [0.4, 0.5) is 9.93 Å². The number of allylic oxidation sites excluding steroid dienone is 1. The number of carbonyl (C=O) groups excluding carboxylic acids is 5. The van der Waals surface area contributed by atoms with E-state index >= 15 is 0 Å². The molecule has 0 spiro atoms. The van der Waals surface area contributed by atoms with Gasteiger partial charge in [0.2, 0.25) is 6.79 Å². The van der Waals surface area contributed by atoms with Crippen LogP contribution in [0.3, 0.4) is 0 Å². The van der Waals surface area contributed by atoms with E-state index in [0.29, 0.717) is 17.2 Å². The lowest BCUT2D eigenvalue weighted by Crippen LogP contribution is -2.70. The number of ether oxygens (including phenoxy) is 3. The normalized spacial score (nSPS) is 19.3. The largest absolute Gasteiger partial charge is 0.445 e. The summed E-state index contributed by atoms with van der Waals surface area (Å²) in [6.07, 6.45) is 1.17. The fraction of sp³-hybridized carbons (Fsp3) is 0.478. The smallest absolute Gasteiger partial charge is 0.404 e. The Morgan fingerprint density at radius 1 is 1.24 bits per heavy atom. The summed E-state index contributed by atoms with van der Waals surface area (Å²) in [7, 11) is 0. The number of fused-ring (bicyclic) bond motifs is 1. The molecule has 0 saturated carbocycles. The van der Waals surface area contributed by atoms with Crippen molar-refractivity contribution in [3.05, 3.63) is 28.4 Å². The van der Waals surface area contributed by atoms with Crippen LogP contribution in [0.25, 0.3) is 5.57 Å². The van der Waals surface area contributed by atoms with Crippen molar-refractivity contribution in [1.29, 1.82) is 0 Å². The van der Waals surface area contributed by atoms with Crippen molar-refractivity contribution in [1.82, 2.24) is 15.2 Å². The second kappa shape index (κ2) is 11.9. The summed E-state index contributed by atoms with van der Waals surface area (Å²) >= 11 is 2.45. The van der Waals surface area contributed by atoms with Crippen LogP contribution in [0, 0.1) is 5.41 Å². The van der Waals surface area contributed by atoms with E-state index in [-0.39, 0.29) is 29.2 Å². The van der Waals surface area contributed by atoms with E-state index in [9.17, 15) is 24.0 Å². The van der Waals surface area contributed by atoms with Gasteiger partial charge in [0.05, 0.1) is 16.7 Å². The minimum Gasteiger partial charge on any atom is -0.445 e.